The second-order valence-electron chi connectivity index (χ2n) is 4.71. The van der Waals surface area contributed by atoms with E-state index in [1.165, 1.54) is 6.07 Å². The van der Waals surface area contributed by atoms with E-state index < -0.39 is 0 Å². The Bertz CT molecular complexity index is 785. The highest BCUT2D eigenvalue weighted by atomic mass is 35.5. The summed E-state index contributed by atoms with van der Waals surface area (Å²) in [6, 6.07) is 12.7. The van der Waals surface area contributed by atoms with Crippen LogP contribution in [0.25, 0.3) is 11.0 Å². The first-order chi connectivity index (χ1) is 10.2. The van der Waals surface area contributed by atoms with Crippen LogP contribution in [0.5, 0.6) is 5.75 Å². The van der Waals surface area contributed by atoms with Crippen LogP contribution >= 0.6 is 11.6 Å². The number of rotatable bonds is 4. The number of nitrogens with zero attached hydrogens (tertiary/aromatic N) is 2. The molecule has 3 rings (SSSR count). The van der Waals surface area contributed by atoms with Crippen molar-refractivity contribution in [3.63, 3.8) is 0 Å². The van der Waals surface area contributed by atoms with Crippen molar-refractivity contribution in [3.05, 3.63) is 59.7 Å². The van der Waals surface area contributed by atoms with Gasteiger partial charge in [0.25, 0.3) is 0 Å². The van der Waals surface area contributed by atoms with Gasteiger partial charge in [-0.05, 0) is 29.8 Å². The average Bonchev–Trinajstić information content (AvgIpc) is 2.87. The fourth-order valence-corrected chi connectivity index (χ4v) is 2.60. The molecule has 108 valence electrons. The number of para-hydroxylation sites is 1. The molecule has 5 heteroatoms. The van der Waals surface area contributed by atoms with E-state index in [0.717, 1.165) is 16.8 Å². The summed E-state index contributed by atoms with van der Waals surface area (Å²) in [7, 11) is 1.63. The van der Waals surface area contributed by atoms with E-state index in [2.05, 4.69) is 4.98 Å². The number of benzene rings is 2. The third kappa shape index (κ3) is 2.59. The number of fused-ring (bicyclic) bond motifs is 1. The number of imidazole rings is 1. The maximum absolute atomic E-state index is 13.8. The van der Waals surface area contributed by atoms with Gasteiger partial charge in [-0.25, -0.2) is 9.37 Å². The van der Waals surface area contributed by atoms with Gasteiger partial charge in [-0.2, -0.15) is 0 Å². The Labute approximate surface area is 126 Å². The fourth-order valence-electron chi connectivity index (χ4n) is 2.39. The van der Waals surface area contributed by atoms with Crippen LogP contribution in [0, 0.1) is 5.82 Å². The summed E-state index contributed by atoms with van der Waals surface area (Å²) in [6.45, 7) is 0.569. The molecule has 0 spiro atoms. The van der Waals surface area contributed by atoms with Gasteiger partial charge in [0.1, 0.15) is 17.1 Å². The number of hydrogen-bond donors (Lipinski definition) is 0. The molecule has 0 bridgehead atoms. The molecule has 1 aromatic heterocycles. The Morgan fingerprint density at radius 3 is 2.81 bits per heavy atom. The van der Waals surface area contributed by atoms with Crippen LogP contribution in [0.3, 0.4) is 0 Å². The van der Waals surface area contributed by atoms with Gasteiger partial charge in [-0.1, -0.05) is 18.2 Å². The summed E-state index contributed by atoms with van der Waals surface area (Å²) in [4.78, 5) is 4.29. The lowest BCUT2D eigenvalue weighted by atomic mass is 10.2. The van der Waals surface area contributed by atoms with Crippen LogP contribution in [0.15, 0.2) is 42.5 Å². The van der Waals surface area contributed by atoms with Gasteiger partial charge in [-0.15, -0.1) is 11.6 Å². The van der Waals surface area contributed by atoms with Gasteiger partial charge in [-0.3, -0.25) is 0 Å². The number of alkyl halides is 1. The number of methoxy groups -OCH3 is 1. The number of ether oxygens (including phenoxy) is 1. The average molecular weight is 305 g/mol. The second-order valence-corrected chi connectivity index (χ2v) is 4.97. The molecular formula is C16H14ClFN2O. The van der Waals surface area contributed by atoms with E-state index in [-0.39, 0.29) is 11.7 Å². The lowest BCUT2D eigenvalue weighted by Crippen LogP contribution is -2.04. The molecular weight excluding hydrogens is 291 g/mol. The van der Waals surface area contributed by atoms with Crippen molar-refractivity contribution >= 4 is 22.6 Å². The zero-order valence-corrected chi connectivity index (χ0v) is 12.3. The first kappa shape index (κ1) is 13.9. The monoisotopic (exact) mass is 304 g/mol. The van der Waals surface area contributed by atoms with Crippen molar-refractivity contribution < 1.29 is 9.13 Å². The van der Waals surface area contributed by atoms with Crippen molar-refractivity contribution in [3.8, 4) is 5.75 Å². The van der Waals surface area contributed by atoms with Gasteiger partial charge in [0.15, 0.2) is 5.82 Å². The van der Waals surface area contributed by atoms with Crippen molar-refractivity contribution in [2.45, 2.75) is 12.4 Å². The van der Waals surface area contributed by atoms with E-state index in [4.69, 9.17) is 16.3 Å². The zero-order chi connectivity index (χ0) is 14.8. The molecule has 3 aromatic rings. The van der Waals surface area contributed by atoms with Gasteiger partial charge >= 0.3 is 0 Å². The summed E-state index contributed by atoms with van der Waals surface area (Å²) in [5.74, 6) is 1.34. The second kappa shape index (κ2) is 5.74. The highest BCUT2D eigenvalue weighted by molar-refractivity contribution is 6.16. The summed E-state index contributed by atoms with van der Waals surface area (Å²) >= 11 is 5.95. The van der Waals surface area contributed by atoms with Crippen LogP contribution in [0.2, 0.25) is 0 Å². The topological polar surface area (TPSA) is 27.1 Å². The summed E-state index contributed by atoms with van der Waals surface area (Å²) in [6.07, 6.45) is 0. The van der Waals surface area contributed by atoms with Crippen molar-refractivity contribution in [2.24, 2.45) is 0 Å². The van der Waals surface area contributed by atoms with Crippen LogP contribution in [-0.4, -0.2) is 16.7 Å². The predicted molar refractivity (Wildman–Crippen MR) is 81.3 cm³/mol. The van der Waals surface area contributed by atoms with Crippen molar-refractivity contribution in [1.29, 1.82) is 0 Å². The number of halogens is 2. The Kier molecular flexibility index (Phi) is 3.80. The molecule has 0 aliphatic carbocycles. The van der Waals surface area contributed by atoms with Crippen LogP contribution < -0.4 is 4.74 Å². The molecule has 0 aliphatic rings. The minimum atomic E-state index is -0.330. The zero-order valence-electron chi connectivity index (χ0n) is 11.5. The molecule has 1 heterocycles. The largest absolute Gasteiger partial charge is 0.497 e. The molecule has 0 amide bonds. The van der Waals surface area contributed by atoms with Gasteiger partial charge < -0.3 is 9.30 Å². The predicted octanol–water partition coefficient (Wildman–Crippen LogP) is 3.97. The fraction of sp³-hybridized carbons (Fsp3) is 0.188. The lowest BCUT2D eigenvalue weighted by molar-refractivity contribution is 0.414. The first-order valence-corrected chi connectivity index (χ1v) is 7.09. The summed E-state index contributed by atoms with van der Waals surface area (Å²) in [5.41, 5.74) is 2.15. The molecule has 0 atom stereocenters. The lowest BCUT2D eigenvalue weighted by Gasteiger charge is -2.09. The highest BCUT2D eigenvalue weighted by Crippen LogP contribution is 2.22. The molecule has 3 nitrogen and oxygen atoms in total. The first-order valence-electron chi connectivity index (χ1n) is 6.55. The molecule has 21 heavy (non-hydrogen) atoms. The van der Waals surface area contributed by atoms with E-state index >= 15 is 0 Å². The smallest absolute Gasteiger partial charge is 0.151 e. The van der Waals surface area contributed by atoms with Gasteiger partial charge in [0.2, 0.25) is 0 Å². The normalized spacial score (nSPS) is 11.0. The van der Waals surface area contributed by atoms with Crippen LogP contribution in [0.1, 0.15) is 11.4 Å². The Morgan fingerprint density at radius 2 is 2.05 bits per heavy atom. The maximum atomic E-state index is 13.8. The van der Waals surface area contributed by atoms with Gasteiger partial charge in [0, 0.05) is 6.54 Å². The number of aromatic nitrogens is 2. The Balaban J connectivity index is 2.08. The molecule has 0 fully saturated rings. The van der Waals surface area contributed by atoms with Crippen molar-refractivity contribution in [1.82, 2.24) is 9.55 Å². The van der Waals surface area contributed by atoms with Crippen molar-refractivity contribution in [2.75, 3.05) is 7.11 Å². The minimum absolute atomic E-state index is 0.234. The minimum Gasteiger partial charge on any atom is -0.497 e. The molecule has 0 radical (unpaired) electrons. The third-order valence-corrected chi connectivity index (χ3v) is 3.64. The molecule has 0 saturated heterocycles. The van der Waals surface area contributed by atoms with E-state index in [9.17, 15) is 4.39 Å². The van der Waals surface area contributed by atoms with Crippen LogP contribution in [-0.2, 0) is 12.4 Å². The Morgan fingerprint density at radius 1 is 1.24 bits per heavy atom. The standard InChI is InChI=1S/C16H14ClFN2O/c1-21-12-5-2-4-11(8-12)10-20-14-7-3-6-13(18)16(14)19-15(20)9-17/h2-8H,9-10H2,1H3. The summed E-state index contributed by atoms with van der Waals surface area (Å²) < 4.78 is 21.0. The van der Waals surface area contributed by atoms with Crippen LogP contribution in [0.4, 0.5) is 4.39 Å². The third-order valence-electron chi connectivity index (χ3n) is 3.40. The van der Waals surface area contributed by atoms with Gasteiger partial charge in [0.05, 0.1) is 18.5 Å². The Hall–Kier alpha value is -2.07. The molecule has 2 aromatic carbocycles. The van der Waals surface area contributed by atoms with E-state index in [1.807, 2.05) is 34.9 Å². The maximum Gasteiger partial charge on any atom is 0.151 e. The van der Waals surface area contributed by atoms with E-state index in [1.54, 1.807) is 13.2 Å². The molecule has 0 unspecified atom stereocenters. The van der Waals surface area contributed by atoms with E-state index in [0.29, 0.717) is 17.9 Å². The molecule has 0 N–H and O–H groups in total. The highest BCUT2D eigenvalue weighted by Gasteiger charge is 2.13. The molecule has 0 aliphatic heterocycles. The number of hydrogen-bond acceptors (Lipinski definition) is 2. The summed E-state index contributed by atoms with van der Waals surface area (Å²) in [5, 5.41) is 0. The quantitative estimate of drug-likeness (QED) is 0.682. The molecule has 0 saturated carbocycles. The SMILES string of the molecule is COc1cccc(Cn2c(CCl)nc3c(F)cccc32)c1.